The Balaban J connectivity index is 2.22. The largest absolute Gasteiger partial charge is 0.380 e. The zero-order valence-electron chi connectivity index (χ0n) is 11.1. The predicted molar refractivity (Wildman–Crippen MR) is 73.4 cm³/mol. The molecule has 0 saturated heterocycles. The van der Waals surface area contributed by atoms with E-state index in [9.17, 15) is 13.9 Å². The molecule has 0 heterocycles. The Hall–Kier alpha value is -1.74. The molecule has 1 aliphatic carbocycles. The molecule has 0 saturated carbocycles. The summed E-state index contributed by atoms with van der Waals surface area (Å²) in [4.78, 5) is 0. The van der Waals surface area contributed by atoms with E-state index in [4.69, 9.17) is 0 Å². The van der Waals surface area contributed by atoms with E-state index in [1.165, 1.54) is 12.1 Å². The van der Waals surface area contributed by atoms with Crippen LogP contribution in [0, 0.1) is 11.6 Å². The average molecular weight is 274 g/mol. The molecule has 0 fully saturated rings. The van der Waals surface area contributed by atoms with Gasteiger partial charge < -0.3 is 5.11 Å². The minimum absolute atomic E-state index is 0.0341. The summed E-state index contributed by atoms with van der Waals surface area (Å²) in [6, 6.07) is 11.5. The third-order valence-electron chi connectivity index (χ3n) is 4.09. The monoisotopic (exact) mass is 274 g/mol. The Morgan fingerprint density at radius 3 is 2.50 bits per heavy atom. The first-order valence-electron chi connectivity index (χ1n) is 6.88. The normalized spacial score (nSPS) is 22.1. The maximum absolute atomic E-state index is 14.1. The highest BCUT2D eigenvalue weighted by atomic mass is 19.2. The van der Waals surface area contributed by atoms with Crippen LogP contribution in [0.1, 0.15) is 36.0 Å². The summed E-state index contributed by atoms with van der Waals surface area (Å²) in [7, 11) is 0. The molecular formula is C17H16F2O. The van der Waals surface area contributed by atoms with Crippen LogP contribution in [0.2, 0.25) is 0 Å². The number of rotatable bonds is 1. The summed E-state index contributed by atoms with van der Waals surface area (Å²) in [5.74, 6) is -1.87. The van der Waals surface area contributed by atoms with Crippen molar-refractivity contribution in [3.63, 3.8) is 0 Å². The Morgan fingerprint density at radius 1 is 0.900 bits per heavy atom. The standard InChI is InChI=1S/C17H16F2O/c18-15-10-5-9-14(16(15)19)17(20)11-4-3-7-12-6-1-2-8-13(12)17/h1-2,5-6,8-10,20H,3-4,7,11H2. The van der Waals surface area contributed by atoms with Crippen molar-refractivity contribution < 1.29 is 13.9 Å². The fourth-order valence-corrected chi connectivity index (χ4v) is 3.08. The first-order valence-corrected chi connectivity index (χ1v) is 6.88. The second-order valence-electron chi connectivity index (χ2n) is 5.33. The van der Waals surface area contributed by atoms with Crippen LogP contribution in [0.4, 0.5) is 8.78 Å². The molecule has 0 spiro atoms. The van der Waals surface area contributed by atoms with Gasteiger partial charge in [-0.1, -0.05) is 36.4 Å². The molecule has 3 heteroatoms. The third-order valence-corrected chi connectivity index (χ3v) is 4.09. The van der Waals surface area contributed by atoms with Crippen LogP contribution in [0.5, 0.6) is 0 Å². The van der Waals surface area contributed by atoms with Crippen LogP contribution >= 0.6 is 0 Å². The number of hydrogen-bond donors (Lipinski definition) is 1. The molecular weight excluding hydrogens is 258 g/mol. The lowest BCUT2D eigenvalue weighted by Crippen LogP contribution is -2.29. The molecule has 2 aromatic carbocycles. The van der Waals surface area contributed by atoms with E-state index < -0.39 is 17.2 Å². The van der Waals surface area contributed by atoms with Gasteiger partial charge in [-0.15, -0.1) is 0 Å². The van der Waals surface area contributed by atoms with E-state index in [2.05, 4.69) is 0 Å². The molecule has 1 unspecified atom stereocenters. The van der Waals surface area contributed by atoms with Gasteiger partial charge in [0.1, 0.15) is 5.60 Å². The first-order chi connectivity index (χ1) is 9.63. The molecule has 0 aromatic heterocycles. The highest BCUT2D eigenvalue weighted by molar-refractivity contribution is 5.42. The number of fused-ring (bicyclic) bond motifs is 1. The van der Waals surface area contributed by atoms with E-state index >= 15 is 0 Å². The van der Waals surface area contributed by atoms with Gasteiger partial charge in [0, 0.05) is 5.56 Å². The Bertz CT molecular complexity index is 639. The van der Waals surface area contributed by atoms with Gasteiger partial charge in [0.15, 0.2) is 11.6 Å². The summed E-state index contributed by atoms with van der Waals surface area (Å²) in [6.45, 7) is 0. The van der Waals surface area contributed by atoms with Gasteiger partial charge in [-0.25, -0.2) is 8.78 Å². The van der Waals surface area contributed by atoms with Crippen LogP contribution in [-0.4, -0.2) is 5.11 Å². The Kier molecular flexibility index (Phi) is 3.30. The van der Waals surface area contributed by atoms with Crippen molar-refractivity contribution in [2.45, 2.75) is 31.3 Å². The quantitative estimate of drug-likeness (QED) is 0.781. The molecule has 0 amide bonds. The van der Waals surface area contributed by atoms with Gasteiger partial charge in [-0.2, -0.15) is 0 Å². The average Bonchev–Trinajstić information content (AvgIpc) is 2.63. The first kappa shape index (κ1) is 13.3. The lowest BCUT2D eigenvalue weighted by molar-refractivity contribution is 0.0658. The van der Waals surface area contributed by atoms with E-state index in [-0.39, 0.29) is 5.56 Å². The molecule has 1 N–H and O–H groups in total. The summed E-state index contributed by atoms with van der Waals surface area (Å²) >= 11 is 0. The van der Waals surface area contributed by atoms with Crippen molar-refractivity contribution in [2.24, 2.45) is 0 Å². The number of aryl methyl sites for hydroxylation is 1. The molecule has 1 aliphatic rings. The minimum atomic E-state index is -1.45. The van der Waals surface area contributed by atoms with E-state index in [0.717, 1.165) is 30.9 Å². The van der Waals surface area contributed by atoms with Crippen LogP contribution in [0.25, 0.3) is 0 Å². The zero-order valence-corrected chi connectivity index (χ0v) is 11.1. The van der Waals surface area contributed by atoms with Crippen LogP contribution in [-0.2, 0) is 12.0 Å². The number of aliphatic hydroxyl groups is 1. The SMILES string of the molecule is OC1(c2cccc(F)c2F)CCCCc2ccccc21. The maximum Gasteiger partial charge on any atom is 0.165 e. The van der Waals surface area contributed by atoms with Gasteiger partial charge in [0.05, 0.1) is 0 Å². The van der Waals surface area contributed by atoms with E-state index in [1.54, 1.807) is 0 Å². The molecule has 3 rings (SSSR count). The summed E-state index contributed by atoms with van der Waals surface area (Å²) in [6.07, 6.45) is 2.98. The second kappa shape index (κ2) is 4.98. The van der Waals surface area contributed by atoms with Crippen LogP contribution in [0.15, 0.2) is 42.5 Å². The van der Waals surface area contributed by atoms with Crippen LogP contribution < -0.4 is 0 Å². The lowest BCUT2D eigenvalue weighted by Gasteiger charge is -2.30. The lowest BCUT2D eigenvalue weighted by atomic mass is 9.81. The van der Waals surface area contributed by atoms with Crippen molar-refractivity contribution in [2.75, 3.05) is 0 Å². The third kappa shape index (κ3) is 2.02. The van der Waals surface area contributed by atoms with E-state index in [0.29, 0.717) is 12.0 Å². The highest BCUT2D eigenvalue weighted by Gasteiger charge is 2.37. The van der Waals surface area contributed by atoms with Gasteiger partial charge in [-0.3, -0.25) is 0 Å². The van der Waals surface area contributed by atoms with Crippen molar-refractivity contribution in [3.8, 4) is 0 Å². The molecule has 0 radical (unpaired) electrons. The molecule has 104 valence electrons. The maximum atomic E-state index is 14.1. The zero-order chi connectivity index (χ0) is 14.2. The minimum Gasteiger partial charge on any atom is -0.380 e. The van der Waals surface area contributed by atoms with Crippen molar-refractivity contribution in [3.05, 3.63) is 70.8 Å². The molecule has 1 nitrogen and oxygen atoms in total. The Morgan fingerprint density at radius 2 is 1.65 bits per heavy atom. The topological polar surface area (TPSA) is 20.2 Å². The molecule has 0 aliphatic heterocycles. The molecule has 2 aromatic rings. The smallest absolute Gasteiger partial charge is 0.165 e. The Labute approximate surface area is 116 Å². The highest BCUT2D eigenvalue weighted by Crippen LogP contribution is 2.40. The number of halogens is 2. The number of hydrogen-bond acceptors (Lipinski definition) is 1. The van der Waals surface area contributed by atoms with Gasteiger partial charge in [0.2, 0.25) is 0 Å². The molecule has 1 atom stereocenters. The van der Waals surface area contributed by atoms with Gasteiger partial charge >= 0.3 is 0 Å². The fraction of sp³-hybridized carbons (Fsp3) is 0.294. The van der Waals surface area contributed by atoms with Crippen molar-refractivity contribution in [1.29, 1.82) is 0 Å². The van der Waals surface area contributed by atoms with Crippen LogP contribution in [0.3, 0.4) is 0 Å². The molecule has 20 heavy (non-hydrogen) atoms. The second-order valence-corrected chi connectivity index (χ2v) is 5.33. The summed E-state index contributed by atoms with van der Waals surface area (Å²) < 4.78 is 27.6. The fourth-order valence-electron chi connectivity index (χ4n) is 3.08. The molecule has 0 bridgehead atoms. The van der Waals surface area contributed by atoms with Crippen molar-refractivity contribution >= 4 is 0 Å². The van der Waals surface area contributed by atoms with Gasteiger partial charge in [0.25, 0.3) is 0 Å². The summed E-state index contributed by atoms with van der Waals surface area (Å²) in [5.41, 5.74) is 0.296. The van der Waals surface area contributed by atoms with Gasteiger partial charge in [-0.05, 0) is 42.9 Å². The summed E-state index contributed by atoms with van der Waals surface area (Å²) in [5, 5.41) is 11.1. The van der Waals surface area contributed by atoms with E-state index in [1.807, 2.05) is 24.3 Å². The van der Waals surface area contributed by atoms with Crippen molar-refractivity contribution in [1.82, 2.24) is 0 Å². The predicted octanol–water partition coefficient (Wildman–Crippen LogP) is 3.93. The number of benzene rings is 2.